The van der Waals surface area contributed by atoms with E-state index in [1.165, 1.54) is 6.07 Å². The zero-order chi connectivity index (χ0) is 80.8. The van der Waals surface area contributed by atoms with E-state index in [-0.39, 0.29) is 82.1 Å². The maximum Gasteiger partial charge on any atom is 0.268 e. The van der Waals surface area contributed by atoms with Crippen LogP contribution >= 0.6 is 0 Å². The van der Waals surface area contributed by atoms with Gasteiger partial charge in [0.2, 0.25) is 0 Å². The number of fused-ring (bicyclic) bond motifs is 13. The van der Waals surface area contributed by atoms with Crippen molar-refractivity contribution in [2.24, 2.45) is 0 Å². The van der Waals surface area contributed by atoms with Crippen LogP contribution < -0.4 is 30.1 Å². The monoisotopic (exact) mass is 1450 g/mol. The zero-order valence-corrected chi connectivity index (χ0v) is 54.6. The van der Waals surface area contributed by atoms with Gasteiger partial charge in [0, 0.05) is 55.1 Å². The largest absolute Gasteiger partial charge is 0.510 e. The molecule has 4 aromatic heterocycles. The summed E-state index contributed by atoms with van der Waals surface area (Å²) < 4.78 is 211. The Morgan fingerprint density at radius 2 is 1.08 bits per heavy atom. The normalized spacial score (nSPS) is 14.9. The first-order chi connectivity index (χ1) is 55.0. The molecular formula is C88H60N4O2PtSi-2. The molecule has 6 nitrogen and oxygen atoms in total. The summed E-state index contributed by atoms with van der Waals surface area (Å²) in [4.78, 5) is 4.89. The molecule has 1 aliphatic heterocycles. The number of nitrogens with zero attached hydrogens (tertiary/aromatic N) is 4. The smallest absolute Gasteiger partial charge is 0.268 e. The third-order valence-electron chi connectivity index (χ3n) is 18.0. The molecule has 5 heterocycles. The van der Waals surface area contributed by atoms with Crippen molar-refractivity contribution in [3.05, 3.63) is 333 Å². The van der Waals surface area contributed by atoms with Crippen LogP contribution in [0, 0.1) is 18.5 Å². The number of aromatic nitrogens is 4. The number of benzene rings is 13. The molecular weight excluding hydrogens is 1370 g/mol. The number of para-hydroxylation sites is 3. The number of ether oxygens (including phenoxy) is 1. The molecule has 0 spiro atoms. The fourth-order valence-electron chi connectivity index (χ4n) is 13.8. The molecule has 17 aromatic rings. The quantitative estimate of drug-likeness (QED) is 0.0593. The SMILES string of the molecule is [2H]c1c([2H])c([2H])c(-c2cccc3c2-c2ccccc2-c2cc([Si](c4c([2H])c([2H])c([2H])c([2H])c4[2H])(c4c([2H])c([2H])c([2H])c([2H])c4[2H])c4c([2H])c([2H])c([2H])c([2H])c4[2H])cc4c2[n+]([c-]n4-c2[c-]c(Oc4[c-]c5c(cc4)c4ccccc4n5-c4cc(C(C)(C)C)ccn4)ccc2)-c2c(-c4ccc5oc6ccccc6c5c4)cccc2-3)c([2H])c1[2H].[Pt]. The molecule has 0 radical (unpaired) electrons. The number of rotatable bonds is 10. The molecule has 0 N–H and O–H groups in total. The number of imidazole rings is 1. The summed E-state index contributed by atoms with van der Waals surface area (Å²) >= 11 is 0. The van der Waals surface area contributed by atoms with Crippen LogP contribution in [0.1, 0.15) is 53.7 Å². The van der Waals surface area contributed by atoms with E-state index in [1.807, 2.05) is 112 Å². The van der Waals surface area contributed by atoms with Gasteiger partial charge in [-0.1, -0.05) is 262 Å². The number of hydrogen-bond acceptors (Lipinski definition) is 3. The first-order valence-electron chi connectivity index (χ1n) is 40.8. The van der Waals surface area contributed by atoms with Crippen molar-refractivity contribution >= 4 is 83.6 Å². The maximum absolute atomic E-state index is 10.2. The first-order valence-corrected chi connectivity index (χ1v) is 32.8. The van der Waals surface area contributed by atoms with Crippen LogP contribution in [-0.2, 0) is 26.5 Å². The fraction of sp³-hybridized carbons (Fsp3) is 0.0455. The Morgan fingerprint density at radius 3 is 1.82 bits per heavy atom. The van der Waals surface area contributed by atoms with Gasteiger partial charge in [0.1, 0.15) is 17.0 Å². The predicted octanol–water partition coefficient (Wildman–Crippen LogP) is 18.8. The molecule has 0 saturated heterocycles. The van der Waals surface area contributed by atoms with Gasteiger partial charge in [0.25, 0.3) is 6.33 Å². The van der Waals surface area contributed by atoms with E-state index in [4.69, 9.17) is 22.4 Å². The van der Waals surface area contributed by atoms with Crippen molar-refractivity contribution in [3.63, 3.8) is 0 Å². The summed E-state index contributed by atoms with van der Waals surface area (Å²) in [5.74, 6) is 1.07. The summed E-state index contributed by atoms with van der Waals surface area (Å²) in [6.45, 7) is 6.39. The van der Waals surface area contributed by atoms with Crippen molar-refractivity contribution in [1.29, 1.82) is 0 Å². The van der Waals surface area contributed by atoms with Gasteiger partial charge in [0.15, 0.2) is 8.07 Å². The van der Waals surface area contributed by atoms with Crippen LogP contribution in [0.25, 0.3) is 128 Å². The van der Waals surface area contributed by atoms with E-state index < -0.39 is 144 Å². The number of hydrogen-bond donors (Lipinski definition) is 0. The van der Waals surface area contributed by atoms with Crippen LogP contribution in [0.3, 0.4) is 0 Å². The van der Waals surface area contributed by atoms with Crippen LogP contribution in [-0.4, -0.2) is 22.2 Å². The third kappa shape index (κ3) is 9.47. The van der Waals surface area contributed by atoms with Crippen molar-refractivity contribution in [3.8, 4) is 84.3 Å². The van der Waals surface area contributed by atoms with E-state index >= 15 is 0 Å². The Labute approximate surface area is 600 Å². The topological polar surface area (TPSA) is 49.0 Å². The molecule has 0 aliphatic carbocycles. The van der Waals surface area contributed by atoms with Gasteiger partial charge in [-0.25, -0.2) is 4.98 Å². The molecule has 0 saturated carbocycles. The molecule has 8 heteroatoms. The molecule has 13 aromatic carbocycles. The Morgan fingerprint density at radius 1 is 0.469 bits per heavy atom. The van der Waals surface area contributed by atoms with Crippen molar-refractivity contribution in [1.82, 2.24) is 14.1 Å². The Bertz CT molecular complexity index is 6890. The second kappa shape index (κ2) is 23.4. The van der Waals surface area contributed by atoms with Gasteiger partial charge < -0.3 is 18.3 Å². The Hall–Kier alpha value is -11.2. The van der Waals surface area contributed by atoms with Gasteiger partial charge >= 0.3 is 0 Å². The van der Waals surface area contributed by atoms with E-state index in [1.54, 1.807) is 77.5 Å². The molecule has 0 unspecified atom stereocenters. The van der Waals surface area contributed by atoms with Gasteiger partial charge in [-0.15, -0.1) is 29.7 Å². The predicted molar refractivity (Wildman–Crippen MR) is 390 cm³/mol. The Balaban J connectivity index is 0.00000968. The molecule has 0 atom stereocenters. The molecule has 1 aliphatic rings. The van der Waals surface area contributed by atoms with E-state index in [0.717, 1.165) is 32.6 Å². The number of furan rings is 1. The Kier molecular flexibility index (Phi) is 9.93. The second-order valence-electron chi connectivity index (χ2n) is 24.3. The number of pyridine rings is 1. The van der Waals surface area contributed by atoms with Gasteiger partial charge in [-0.05, 0) is 135 Å². The zero-order valence-electron chi connectivity index (χ0n) is 71.3. The molecule has 0 bridgehead atoms. The van der Waals surface area contributed by atoms with Crippen LogP contribution in [0.5, 0.6) is 11.5 Å². The fourth-order valence-corrected chi connectivity index (χ4v) is 17.6. The van der Waals surface area contributed by atoms with Crippen molar-refractivity contribution in [2.75, 3.05) is 0 Å². The summed E-state index contributed by atoms with van der Waals surface area (Å²) in [5.41, 5.74) is 7.84. The maximum atomic E-state index is 10.2. The minimum atomic E-state index is -6.02. The average molecular weight is 1450 g/mol. The summed E-state index contributed by atoms with van der Waals surface area (Å²) in [6.07, 6.45) is 5.54. The molecule has 18 rings (SSSR count). The second-order valence-corrected chi connectivity index (χ2v) is 27.9. The summed E-state index contributed by atoms with van der Waals surface area (Å²) in [5, 5.41) is 0.946. The van der Waals surface area contributed by atoms with Gasteiger partial charge in [-0.2, -0.15) is 18.2 Å². The molecule has 460 valence electrons. The third-order valence-corrected chi connectivity index (χ3v) is 22.1. The summed E-state index contributed by atoms with van der Waals surface area (Å²) in [7, 11) is -6.02. The van der Waals surface area contributed by atoms with Crippen LogP contribution in [0.4, 0.5) is 0 Å². The van der Waals surface area contributed by atoms with Crippen LogP contribution in [0.2, 0.25) is 0 Å². The van der Waals surface area contributed by atoms with Crippen molar-refractivity contribution in [2.45, 2.75) is 26.2 Å². The van der Waals surface area contributed by atoms with E-state index in [2.05, 4.69) is 45.3 Å². The molecule has 0 fully saturated rings. The van der Waals surface area contributed by atoms with Crippen molar-refractivity contribution < 1.29 is 62.2 Å². The average Bonchev–Trinajstić information content (AvgIpc) is 0.762. The molecule has 0 amide bonds. The first kappa shape index (κ1) is 40.8. The minimum absolute atomic E-state index is 0. The summed E-state index contributed by atoms with van der Waals surface area (Å²) in [6, 6.07) is 45.1. The van der Waals surface area contributed by atoms with E-state index in [9.17, 15) is 19.2 Å². The standard InChI is InChI=1S/C88H60N4O2Si.Pt/c1-88(2,3)60-49-50-89-84(52-60)92-79-43-20-18-36-71(79)72-47-46-63(54-80(72)92)93-62-28-22-27-61(53-62)90-57-91-86-69(59-45-48-83-77(51-59)73-37-19-21-44-82(73)94-83)40-24-42-76(86)75-41-23-39-68(58-25-8-4-9-26-58)85(75)74-38-17-16-35-70(74)78-55-67(56-81(90)87(78)91)95(64-29-10-5-11-30-64,65-31-12-6-13-32-65)66-33-14-7-15-34-66;/h4-52,55-56H,1-3H3;/q-2;/i4D,5D,6D,7D,8D,9D,10D,11D,12D,13D,14D,15D,25D,26D,29D,30D,31D,32D,33D,34D;. The van der Waals surface area contributed by atoms with Gasteiger partial charge in [-0.3, -0.25) is 4.57 Å². The minimum Gasteiger partial charge on any atom is -0.510 e. The van der Waals surface area contributed by atoms with E-state index in [0.29, 0.717) is 61.6 Å². The van der Waals surface area contributed by atoms with Gasteiger partial charge in [0.05, 0.1) is 44.1 Å². The van der Waals surface area contributed by atoms with Crippen LogP contribution in [0.15, 0.2) is 313 Å². The molecule has 96 heavy (non-hydrogen) atoms.